The number of benzene rings is 1. The molecule has 1 fully saturated rings. The Morgan fingerprint density at radius 1 is 1.11 bits per heavy atom. The van der Waals surface area contributed by atoms with Gasteiger partial charge in [-0.05, 0) is 42.2 Å². The highest BCUT2D eigenvalue weighted by Crippen LogP contribution is 2.23. The molecule has 1 aliphatic heterocycles. The monoisotopic (exact) mass is 369 g/mol. The van der Waals surface area contributed by atoms with Crippen LogP contribution < -0.4 is 5.32 Å². The highest BCUT2D eigenvalue weighted by molar-refractivity contribution is 5.94. The second-order valence-electron chi connectivity index (χ2n) is 8.38. The summed E-state index contributed by atoms with van der Waals surface area (Å²) in [5, 5.41) is 3.06. The number of hydrogen-bond acceptors (Lipinski definition) is 4. The van der Waals surface area contributed by atoms with Crippen LogP contribution in [0.15, 0.2) is 47.1 Å². The van der Waals surface area contributed by atoms with Gasteiger partial charge >= 0.3 is 0 Å². The first-order valence-corrected chi connectivity index (χ1v) is 9.73. The van der Waals surface area contributed by atoms with Crippen molar-refractivity contribution in [3.8, 4) is 0 Å². The summed E-state index contributed by atoms with van der Waals surface area (Å²) in [6.07, 6.45) is 1.71. The second kappa shape index (κ2) is 8.28. The van der Waals surface area contributed by atoms with E-state index < -0.39 is 0 Å². The van der Waals surface area contributed by atoms with Gasteiger partial charge in [0.1, 0.15) is 5.76 Å². The molecule has 1 aromatic heterocycles. The van der Waals surface area contributed by atoms with E-state index in [0.29, 0.717) is 0 Å². The second-order valence-corrected chi connectivity index (χ2v) is 8.38. The van der Waals surface area contributed by atoms with Crippen LogP contribution in [0.25, 0.3) is 0 Å². The lowest BCUT2D eigenvalue weighted by Gasteiger charge is -2.37. The van der Waals surface area contributed by atoms with Gasteiger partial charge in [-0.15, -0.1) is 0 Å². The van der Waals surface area contributed by atoms with Crippen LogP contribution in [0, 0.1) is 0 Å². The number of nitrogens with one attached hydrogen (secondary N) is 1. The van der Waals surface area contributed by atoms with Gasteiger partial charge < -0.3 is 9.73 Å². The van der Waals surface area contributed by atoms with E-state index in [1.165, 1.54) is 5.56 Å². The maximum atomic E-state index is 12.6. The van der Waals surface area contributed by atoms with Gasteiger partial charge in [0.2, 0.25) is 5.91 Å². The third-order valence-electron chi connectivity index (χ3n) is 5.31. The molecule has 1 N–H and O–H groups in total. The molecule has 0 spiro atoms. The highest BCUT2D eigenvalue weighted by Gasteiger charge is 2.26. The average Bonchev–Trinajstić information content (AvgIpc) is 3.14. The lowest BCUT2D eigenvalue weighted by atomic mass is 9.87. The maximum absolute atomic E-state index is 12.6. The van der Waals surface area contributed by atoms with E-state index in [2.05, 4.69) is 48.0 Å². The molecule has 0 saturated carbocycles. The SMILES string of the molecule is CC(C(=O)Nc1ccc(C(C)(C)C)cc1)N1CCN(Cc2ccco2)CC1. The molecule has 1 unspecified atom stereocenters. The van der Waals surface area contributed by atoms with Crippen molar-refractivity contribution in [3.63, 3.8) is 0 Å². The van der Waals surface area contributed by atoms with E-state index in [1.807, 2.05) is 31.2 Å². The third-order valence-corrected chi connectivity index (χ3v) is 5.31. The molecule has 2 aromatic rings. The first kappa shape index (κ1) is 19.6. The number of piperazine rings is 1. The van der Waals surface area contributed by atoms with Gasteiger partial charge in [-0.25, -0.2) is 0 Å². The number of rotatable bonds is 5. The molecule has 2 heterocycles. The Labute approximate surface area is 162 Å². The van der Waals surface area contributed by atoms with Crippen molar-refractivity contribution < 1.29 is 9.21 Å². The van der Waals surface area contributed by atoms with Crippen molar-refractivity contribution in [1.29, 1.82) is 0 Å². The van der Waals surface area contributed by atoms with Crippen molar-refractivity contribution in [2.45, 2.75) is 45.7 Å². The smallest absolute Gasteiger partial charge is 0.241 e. The number of anilines is 1. The van der Waals surface area contributed by atoms with Crippen molar-refractivity contribution in [3.05, 3.63) is 54.0 Å². The Balaban J connectivity index is 1.49. The molecule has 5 heteroatoms. The summed E-state index contributed by atoms with van der Waals surface area (Å²) in [7, 11) is 0. The van der Waals surface area contributed by atoms with Gasteiger partial charge in [-0.1, -0.05) is 32.9 Å². The fourth-order valence-corrected chi connectivity index (χ4v) is 3.40. The van der Waals surface area contributed by atoms with Gasteiger partial charge in [0.25, 0.3) is 0 Å². The normalized spacial score (nSPS) is 17.6. The minimum atomic E-state index is -0.141. The molecule has 1 atom stereocenters. The van der Waals surface area contributed by atoms with E-state index in [1.54, 1.807) is 6.26 Å². The quantitative estimate of drug-likeness (QED) is 0.873. The lowest BCUT2D eigenvalue weighted by molar-refractivity contribution is -0.121. The summed E-state index contributed by atoms with van der Waals surface area (Å²) in [4.78, 5) is 17.3. The number of furan rings is 1. The van der Waals surface area contributed by atoms with Crippen molar-refractivity contribution in [1.82, 2.24) is 9.80 Å². The molecule has 146 valence electrons. The zero-order valence-electron chi connectivity index (χ0n) is 16.9. The van der Waals surface area contributed by atoms with E-state index in [4.69, 9.17) is 4.42 Å². The summed E-state index contributed by atoms with van der Waals surface area (Å²) in [6.45, 7) is 13.0. The van der Waals surface area contributed by atoms with Gasteiger partial charge in [-0.2, -0.15) is 0 Å². The molecule has 5 nitrogen and oxygen atoms in total. The molecular formula is C22H31N3O2. The van der Waals surface area contributed by atoms with E-state index in [-0.39, 0.29) is 17.4 Å². The number of nitrogens with zero attached hydrogens (tertiary/aromatic N) is 2. The van der Waals surface area contributed by atoms with Crippen molar-refractivity contribution in [2.75, 3.05) is 31.5 Å². The summed E-state index contributed by atoms with van der Waals surface area (Å²) >= 11 is 0. The first-order valence-electron chi connectivity index (χ1n) is 9.73. The zero-order valence-corrected chi connectivity index (χ0v) is 16.9. The maximum Gasteiger partial charge on any atom is 0.241 e. The Kier molecular flexibility index (Phi) is 6.02. The van der Waals surface area contributed by atoms with Gasteiger partial charge in [0, 0.05) is 31.9 Å². The van der Waals surface area contributed by atoms with Gasteiger partial charge in [0.05, 0.1) is 18.8 Å². The zero-order chi connectivity index (χ0) is 19.4. The molecule has 1 saturated heterocycles. The third kappa shape index (κ3) is 5.21. The van der Waals surface area contributed by atoms with Crippen LogP contribution in [0.2, 0.25) is 0 Å². The largest absolute Gasteiger partial charge is 0.468 e. The highest BCUT2D eigenvalue weighted by atomic mass is 16.3. The molecule has 1 amide bonds. The summed E-state index contributed by atoms with van der Waals surface area (Å²) < 4.78 is 5.43. The fraction of sp³-hybridized carbons (Fsp3) is 0.500. The summed E-state index contributed by atoms with van der Waals surface area (Å²) in [5.41, 5.74) is 2.24. The van der Waals surface area contributed by atoms with E-state index >= 15 is 0 Å². The fourth-order valence-electron chi connectivity index (χ4n) is 3.40. The summed E-state index contributed by atoms with van der Waals surface area (Å²) in [5.74, 6) is 1.05. The predicted octanol–water partition coefficient (Wildman–Crippen LogP) is 3.72. The molecule has 0 bridgehead atoms. The van der Waals surface area contributed by atoms with Crippen LogP contribution in [-0.2, 0) is 16.8 Å². The average molecular weight is 370 g/mol. The number of carbonyl (C=O) groups excluding carboxylic acids is 1. The van der Waals surface area contributed by atoms with E-state index in [0.717, 1.165) is 44.2 Å². The molecule has 3 rings (SSSR count). The van der Waals surface area contributed by atoms with Crippen LogP contribution in [0.5, 0.6) is 0 Å². The first-order chi connectivity index (χ1) is 12.8. The lowest BCUT2D eigenvalue weighted by Crippen LogP contribution is -2.52. The molecule has 27 heavy (non-hydrogen) atoms. The van der Waals surface area contributed by atoms with Crippen LogP contribution in [-0.4, -0.2) is 47.9 Å². The minimum Gasteiger partial charge on any atom is -0.468 e. The van der Waals surface area contributed by atoms with E-state index in [9.17, 15) is 4.79 Å². The molecule has 0 aliphatic carbocycles. The number of amides is 1. The summed E-state index contributed by atoms with van der Waals surface area (Å²) in [6, 6.07) is 12.0. The van der Waals surface area contributed by atoms with Crippen LogP contribution >= 0.6 is 0 Å². The predicted molar refractivity (Wildman–Crippen MR) is 109 cm³/mol. The number of carbonyl (C=O) groups is 1. The van der Waals surface area contributed by atoms with Crippen LogP contribution in [0.4, 0.5) is 5.69 Å². The standard InChI is InChI=1S/C22H31N3O2/c1-17(21(26)23-19-9-7-18(8-10-19)22(2,3)4)25-13-11-24(12-14-25)16-20-6-5-15-27-20/h5-10,15,17H,11-14,16H2,1-4H3,(H,23,26). The Morgan fingerprint density at radius 3 is 2.33 bits per heavy atom. The van der Waals surface area contributed by atoms with Gasteiger partial charge in [0.15, 0.2) is 0 Å². The Hall–Kier alpha value is -2.11. The topological polar surface area (TPSA) is 48.7 Å². The molecular weight excluding hydrogens is 338 g/mol. The van der Waals surface area contributed by atoms with Crippen LogP contribution in [0.1, 0.15) is 39.0 Å². The Bertz CT molecular complexity index is 724. The minimum absolute atomic E-state index is 0.0537. The van der Waals surface area contributed by atoms with Crippen molar-refractivity contribution >= 4 is 11.6 Å². The van der Waals surface area contributed by atoms with Crippen LogP contribution in [0.3, 0.4) is 0 Å². The number of hydrogen-bond donors (Lipinski definition) is 1. The van der Waals surface area contributed by atoms with Gasteiger partial charge in [-0.3, -0.25) is 14.6 Å². The molecule has 0 radical (unpaired) electrons. The molecule has 1 aliphatic rings. The Morgan fingerprint density at radius 2 is 1.78 bits per heavy atom. The van der Waals surface area contributed by atoms with Crippen molar-refractivity contribution in [2.24, 2.45) is 0 Å². The molecule has 1 aromatic carbocycles.